The summed E-state index contributed by atoms with van der Waals surface area (Å²) in [7, 11) is -1.62. The average molecular weight is 334 g/mol. The van der Waals surface area contributed by atoms with Gasteiger partial charge < -0.3 is 27.8 Å². The van der Waals surface area contributed by atoms with Crippen LogP contribution >= 0.6 is 0 Å². The van der Waals surface area contributed by atoms with E-state index in [0.717, 1.165) is 51.7 Å². The molecule has 130 valence electrons. The highest BCUT2D eigenvalue weighted by molar-refractivity contribution is 6.44. The van der Waals surface area contributed by atoms with Crippen LogP contribution in [0.15, 0.2) is 0 Å². The van der Waals surface area contributed by atoms with Crippen molar-refractivity contribution in [1.29, 1.82) is 0 Å². The summed E-state index contributed by atoms with van der Waals surface area (Å²) in [6.45, 7) is 8.60. The van der Waals surface area contributed by atoms with Crippen LogP contribution in [0.1, 0.15) is 33.1 Å². The molecule has 0 spiro atoms. The first-order valence-electron chi connectivity index (χ1n) is 8.51. The van der Waals surface area contributed by atoms with Gasteiger partial charge in [0.25, 0.3) is 0 Å². The molecule has 2 saturated heterocycles. The molecule has 0 aromatic rings. The van der Waals surface area contributed by atoms with E-state index < -0.39 is 9.28 Å². The minimum Gasteiger partial charge on any atom is -0.397 e. The Morgan fingerprint density at radius 3 is 1.86 bits per heavy atom. The fraction of sp³-hybridized carbons (Fsp3) is 1.00. The first-order valence-corrected chi connectivity index (χ1v) is 10.3. The summed E-state index contributed by atoms with van der Waals surface area (Å²) in [6, 6.07) is 0.904. The summed E-state index contributed by atoms with van der Waals surface area (Å²) in [5, 5.41) is 0. The van der Waals surface area contributed by atoms with Crippen molar-refractivity contribution < 1.29 is 27.8 Å². The fourth-order valence-corrected chi connectivity index (χ4v) is 3.93. The molecule has 2 atom stereocenters. The molecule has 2 rings (SSSR count). The van der Waals surface area contributed by atoms with Crippen molar-refractivity contribution in [3.05, 3.63) is 0 Å². The van der Waals surface area contributed by atoms with Crippen LogP contribution in [0.2, 0.25) is 6.04 Å². The van der Waals surface area contributed by atoms with Gasteiger partial charge in [0.2, 0.25) is 0 Å². The number of ether oxygens (including phenoxy) is 4. The molecule has 6 nitrogen and oxygen atoms in total. The topological polar surface area (TPSA) is 62.0 Å². The second-order valence-corrected chi connectivity index (χ2v) is 7.86. The molecule has 2 unspecified atom stereocenters. The minimum absolute atomic E-state index is 0.209. The summed E-state index contributed by atoms with van der Waals surface area (Å²) in [5.41, 5.74) is 0. The summed E-state index contributed by atoms with van der Waals surface area (Å²) >= 11 is 0. The Morgan fingerprint density at radius 1 is 0.955 bits per heavy atom. The Kier molecular flexibility index (Phi) is 8.91. The molecule has 0 amide bonds. The Labute approximate surface area is 135 Å². The highest BCUT2D eigenvalue weighted by Crippen LogP contribution is 2.17. The van der Waals surface area contributed by atoms with Crippen LogP contribution in [0.5, 0.6) is 0 Å². The zero-order valence-electron chi connectivity index (χ0n) is 13.8. The van der Waals surface area contributed by atoms with Crippen molar-refractivity contribution >= 4 is 9.28 Å². The maximum Gasteiger partial charge on any atom is 0.321 e. The SMILES string of the molecule is CCCO[SiH](CCC(OCC1CO1)OCC1CO1)OCCC. The van der Waals surface area contributed by atoms with Crippen LogP contribution in [0.25, 0.3) is 0 Å². The van der Waals surface area contributed by atoms with E-state index in [9.17, 15) is 0 Å². The highest BCUT2D eigenvalue weighted by atomic mass is 28.3. The smallest absolute Gasteiger partial charge is 0.321 e. The normalized spacial score (nSPS) is 24.7. The van der Waals surface area contributed by atoms with Gasteiger partial charge in [-0.3, -0.25) is 0 Å². The van der Waals surface area contributed by atoms with E-state index in [1.54, 1.807) is 0 Å². The molecular formula is C15H30O6Si. The Bertz CT molecular complexity index is 261. The average Bonchev–Trinajstić information content (AvgIpc) is 3.41. The minimum atomic E-state index is -1.62. The Hall–Kier alpha value is -0.0231. The molecule has 0 bridgehead atoms. The van der Waals surface area contributed by atoms with Crippen molar-refractivity contribution in [3.8, 4) is 0 Å². The predicted octanol–water partition coefficient (Wildman–Crippen LogP) is 1.61. The van der Waals surface area contributed by atoms with Crippen molar-refractivity contribution in [2.45, 2.75) is 57.7 Å². The monoisotopic (exact) mass is 334 g/mol. The number of rotatable bonds is 15. The maximum atomic E-state index is 5.88. The summed E-state index contributed by atoms with van der Waals surface area (Å²) in [6.07, 6.45) is 3.15. The lowest BCUT2D eigenvalue weighted by atomic mass is 10.4. The third kappa shape index (κ3) is 8.57. The van der Waals surface area contributed by atoms with Gasteiger partial charge in [-0.05, 0) is 18.9 Å². The van der Waals surface area contributed by atoms with Crippen LogP contribution in [0.4, 0.5) is 0 Å². The second-order valence-electron chi connectivity index (χ2n) is 5.76. The first kappa shape index (κ1) is 18.3. The van der Waals surface area contributed by atoms with Crippen molar-refractivity contribution in [2.75, 3.05) is 39.6 Å². The van der Waals surface area contributed by atoms with Gasteiger partial charge in [-0.25, -0.2) is 0 Å². The van der Waals surface area contributed by atoms with Crippen molar-refractivity contribution in [3.63, 3.8) is 0 Å². The van der Waals surface area contributed by atoms with Gasteiger partial charge in [0, 0.05) is 19.6 Å². The zero-order valence-corrected chi connectivity index (χ0v) is 15.0. The van der Waals surface area contributed by atoms with Crippen molar-refractivity contribution in [1.82, 2.24) is 0 Å². The van der Waals surface area contributed by atoms with Crippen LogP contribution in [-0.2, 0) is 27.8 Å². The van der Waals surface area contributed by atoms with Gasteiger partial charge in [0.15, 0.2) is 6.29 Å². The summed E-state index contributed by atoms with van der Waals surface area (Å²) < 4.78 is 33.7. The van der Waals surface area contributed by atoms with Gasteiger partial charge in [-0.2, -0.15) is 0 Å². The van der Waals surface area contributed by atoms with E-state index in [0.29, 0.717) is 13.2 Å². The molecule has 0 radical (unpaired) electrons. The van der Waals surface area contributed by atoms with E-state index in [4.69, 9.17) is 27.8 Å². The maximum absolute atomic E-state index is 5.88. The largest absolute Gasteiger partial charge is 0.397 e. The predicted molar refractivity (Wildman–Crippen MR) is 84.2 cm³/mol. The Balaban J connectivity index is 1.66. The number of hydrogen-bond acceptors (Lipinski definition) is 6. The molecule has 2 fully saturated rings. The third-order valence-corrected chi connectivity index (χ3v) is 5.41. The lowest BCUT2D eigenvalue weighted by molar-refractivity contribution is -0.148. The van der Waals surface area contributed by atoms with E-state index in [1.165, 1.54) is 0 Å². The van der Waals surface area contributed by atoms with Crippen LogP contribution in [-0.4, -0.2) is 67.4 Å². The van der Waals surface area contributed by atoms with Gasteiger partial charge in [0.1, 0.15) is 12.2 Å². The van der Waals surface area contributed by atoms with Gasteiger partial charge >= 0.3 is 9.28 Å². The van der Waals surface area contributed by atoms with Crippen LogP contribution in [0, 0.1) is 0 Å². The van der Waals surface area contributed by atoms with Gasteiger partial charge in [-0.15, -0.1) is 0 Å². The molecule has 7 heteroatoms. The molecule has 2 aliphatic rings. The first-order chi connectivity index (χ1) is 10.8. The summed E-state index contributed by atoms with van der Waals surface area (Å²) in [4.78, 5) is 0. The molecule has 2 heterocycles. The van der Waals surface area contributed by atoms with E-state index in [2.05, 4.69) is 13.8 Å². The van der Waals surface area contributed by atoms with E-state index in [-0.39, 0.29) is 18.5 Å². The second kappa shape index (κ2) is 10.7. The molecule has 0 aromatic heterocycles. The molecule has 2 aliphatic heterocycles. The molecule has 0 saturated carbocycles. The molecule has 0 aliphatic carbocycles. The molecule has 0 aromatic carbocycles. The highest BCUT2D eigenvalue weighted by Gasteiger charge is 2.28. The van der Waals surface area contributed by atoms with Gasteiger partial charge in [-0.1, -0.05) is 13.8 Å². The zero-order chi connectivity index (χ0) is 15.6. The van der Waals surface area contributed by atoms with E-state index >= 15 is 0 Å². The fourth-order valence-electron chi connectivity index (χ4n) is 1.96. The lowest BCUT2D eigenvalue weighted by Gasteiger charge is -2.21. The van der Waals surface area contributed by atoms with Crippen LogP contribution in [0.3, 0.4) is 0 Å². The van der Waals surface area contributed by atoms with Crippen molar-refractivity contribution in [2.24, 2.45) is 0 Å². The lowest BCUT2D eigenvalue weighted by Crippen LogP contribution is -2.28. The third-order valence-electron chi connectivity index (χ3n) is 3.39. The van der Waals surface area contributed by atoms with Gasteiger partial charge in [0.05, 0.1) is 26.4 Å². The molecule has 0 N–H and O–H groups in total. The van der Waals surface area contributed by atoms with E-state index in [1.807, 2.05) is 0 Å². The number of epoxide rings is 2. The number of hydrogen-bond donors (Lipinski definition) is 0. The Morgan fingerprint density at radius 2 is 1.45 bits per heavy atom. The quantitative estimate of drug-likeness (QED) is 0.258. The standard InChI is InChI=1S/C15H30O6Si/c1-3-6-20-22(21-7-4-2)8-5-15(18-11-13-9-16-13)19-12-14-10-17-14/h13-15,22H,3-12H2,1-2H3. The summed E-state index contributed by atoms with van der Waals surface area (Å²) in [5.74, 6) is 0. The molecular weight excluding hydrogens is 304 g/mol. The molecule has 22 heavy (non-hydrogen) atoms. The van der Waals surface area contributed by atoms with Crippen LogP contribution < -0.4 is 0 Å².